The second-order valence-corrected chi connectivity index (χ2v) is 9.80. The highest BCUT2D eigenvalue weighted by molar-refractivity contribution is 7.17. The van der Waals surface area contributed by atoms with Crippen LogP contribution in [0.1, 0.15) is 62.8 Å². The maximum absolute atomic E-state index is 12.8. The van der Waals surface area contributed by atoms with Crippen LogP contribution in [-0.2, 0) is 27.1 Å². The number of carbonyl (C=O) groups excluding carboxylic acids is 3. The normalized spacial score (nSPS) is 14.8. The molecule has 2 heterocycles. The van der Waals surface area contributed by atoms with Gasteiger partial charge in [-0.25, -0.2) is 14.3 Å². The van der Waals surface area contributed by atoms with E-state index in [0.29, 0.717) is 33.4 Å². The first-order chi connectivity index (χ1) is 16.8. The molecule has 0 aliphatic heterocycles. The van der Waals surface area contributed by atoms with E-state index in [1.807, 2.05) is 30.3 Å². The molecule has 2 aromatic heterocycles. The van der Waals surface area contributed by atoms with Gasteiger partial charge in [0.2, 0.25) is 0 Å². The number of amides is 1. The van der Waals surface area contributed by atoms with E-state index < -0.39 is 24.5 Å². The minimum atomic E-state index is -0.623. The van der Waals surface area contributed by atoms with Crippen molar-refractivity contribution in [3.8, 4) is 5.69 Å². The molecule has 1 atom stereocenters. The number of benzene rings is 1. The number of ether oxygens (including phenoxy) is 2. The number of anilines is 1. The number of thiophene rings is 1. The first kappa shape index (κ1) is 24.7. The van der Waals surface area contributed by atoms with Crippen molar-refractivity contribution in [1.29, 1.82) is 0 Å². The lowest BCUT2D eigenvalue weighted by atomic mass is 9.88. The van der Waals surface area contributed by atoms with Gasteiger partial charge >= 0.3 is 11.9 Å². The molecule has 1 amide bonds. The van der Waals surface area contributed by atoms with E-state index in [1.54, 1.807) is 25.5 Å². The van der Waals surface area contributed by atoms with Crippen molar-refractivity contribution in [3.63, 3.8) is 0 Å². The number of aromatic nitrogens is 2. The first-order valence-electron chi connectivity index (χ1n) is 11.7. The molecular weight excluding hydrogens is 466 g/mol. The molecule has 1 aliphatic carbocycles. The van der Waals surface area contributed by atoms with Crippen molar-refractivity contribution >= 4 is 34.2 Å². The lowest BCUT2D eigenvalue weighted by molar-refractivity contribution is -0.119. The van der Waals surface area contributed by atoms with Crippen LogP contribution < -0.4 is 5.32 Å². The van der Waals surface area contributed by atoms with Gasteiger partial charge in [-0.2, -0.15) is 5.10 Å². The van der Waals surface area contributed by atoms with Gasteiger partial charge in [0.05, 0.1) is 29.2 Å². The fourth-order valence-corrected chi connectivity index (χ4v) is 5.80. The SMILES string of the molecule is CCOC(=O)c1c(NC(=O)COC(=O)c2c(C)nn(-c3ccccc3)c2C)sc2c1CCC(C)C2. The summed E-state index contributed by atoms with van der Waals surface area (Å²) in [7, 11) is 0. The molecule has 8 nitrogen and oxygen atoms in total. The second kappa shape index (κ2) is 10.4. The molecule has 9 heteroatoms. The number of hydrogen-bond donors (Lipinski definition) is 1. The van der Waals surface area contributed by atoms with Crippen LogP contribution in [0, 0.1) is 19.8 Å². The highest BCUT2D eigenvalue weighted by Crippen LogP contribution is 2.40. The lowest BCUT2D eigenvalue weighted by Crippen LogP contribution is -2.22. The topological polar surface area (TPSA) is 99.5 Å². The van der Waals surface area contributed by atoms with Crippen molar-refractivity contribution in [2.75, 3.05) is 18.5 Å². The highest BCUT2D eigenvalue weighted by atomic mass is 32.1. The predicted molar refractivity (Wildman–Crippen MR) is 133 cm³/mol. The lowest BCUT2D eigenvalue weighted by Gasteiger charge is -2.18. The standard InChI is InChI=1S/C26H29N3O5S/c1-5-33-26(32)23-19-12-11-15(2)13-20(19)35-24(23)27-21(30)14-34-25(31)22-16(3)28-29(17(22)4)18-9-7-6-8-10-18/h6-10,15H,5,11-14H2,1-4H3,(H,27,30). The Bertz CT molecular complexity index is 1260. The number of hydrogen-bond acceptors (Lipinski definition) is 7. The molecule has 3 aromatic rings. The van der Waals surface area contributed by atoms with Crippen molar-refractivity contribution in [2.24, 2.45) is 5.92 Å². The summed E-state index contributed by atoms with van der Waals surface area (Å²) in [5.74, 6) is -1.06. The summed E-state index contributed by atoms with van der Waals surface area (Å²) >= 11 is 1.40. The predicted octanol–water partition coefficient (Wildman–Crippen LogP) is 4.65. The van der Waals surface area contributed by atoms with E-state index in [0.717, 1.165) is 35.4 Å². The fraction of sp³-hybridized carbons (Fsp3) is 0.385. The highest BCUT2D eigenvalue weighted by Gasteiger charge is 2.29. The summed E-state index contributed by atoms with van der Waals surface area (Å²) in [5.41, 5.74) is 3.68. The molecule has 0 radical (unpaired) electrons. The third-order valence-corrected chi connectivity index (χ3v) is 7.24. The molecule has 4 rings (SSSR count). The summed E-state index contributed by atoms with van der Waals surface area (Å²) in [5, 5.41) is 7.68. The van der Waals surface area contributed by atoms with Gasteiger partial charge in [-0.15, -0.1) is 11.3 Å². The van der Waals surface area contributed by atoms with Crippen molar-refractivity contribution < 1.29 is 23.9 Å². The van der Waals surface area contributed by atoms with Crippen LogP contribution in [0.5, 0.6) is 0 Å². The maximum Gasteiger partial charge on any atom is 0.342 e. The van der Waals surface area contributed by atoms with Crippen molar-refractivity contribution in [3.05, 3.63) is 63.3 Å². The zero-order valence-electron chi connectivity index (χ0n) is 20.3. The van der Waals surface area contributed by atoms with E-state index in [1.165, 1.54) is 11.3 Å². The Hall–Kier alpha value is -3.46. The molecule has 0 saturated carbocycles. The Labute approximate surface area is 208 Å². The van der Waals surface area contributed by atoms with Crippen LogP contribution in [-0.4, -0.2) is 40.8 Å². The number of aryl methyl sites for hydroxylation is 1. The Kier molecular flexibility index (Phi) is 7.35. The molecule has 35 heavy (non-hydrogen) atoms. The number of nitrogens with zero attached hydrogens (tertiary/aromatic N) is 2. The third kappa shape index (κ3) is 5.14. The average Bonchev–Trinajstić information content (AvgIpc) is 3.33. The monoisotopic (exact) mass is 495 g/mol. The quantitative estimate of drug-likeness (QED) is 0.479. The number of para-hydroxylation sites is 1. The van der Waals surface area contributed by atoms with Gasteiger partial charge < -0.3 is 14.8 Å². The largest absolute Gasteiger partial charge is 0.462 e. The molecule has 1 aliphatic rings. The van der Waals surface area contributed by atoms with Crippen molar-refractivity contribution in [1.82, 2.24) is 9.78 Å². The molecule has 0 saturated heterocycles. The molecule has 1 N–H and O–H groups in total. The van der Waals surface area contributed by atoms with Gasteiger partial charge in [-0.05, 0) is 63.6 Å². The second-order valence-electron chi connectivity index (χ2n) is 8.69. The van der Waals surface area contributed by atoms with E-state index in [-0.39, 0.29) is 6.61 Å². The van der Waals surface area contributed by atoms with Crippen LogP contribution in [0.15, 0.2) is 30.3 Å². The summed E-state index contributed by atoms with van der Waals surface area (Å²) in [6.07, 6.45) is 2.62. The smallest absolute Gasteiger partial charge is 0.342 e. The van der Waals surface area contributed by atoms with Crippen LogP contribution in [0.2, 0.25) is 0 Å². The molecular formula is C26H29N3O5S. The Balaban J connectivity index is 1.47. The molecule has 0 fully saturated rings. The Morgan fingerprint density at radius 1 is 1.11 bits per heavy atom. The molecule has 1 unspecified atom stereocenters. The van der Waals surface area contributed by atoms with Crippen LogP contribution in [0.3, 0.4) is 0 Å². The fourth-order valence-electron chi connectivity index (χ4n) is 4.38. The third-order valence-electron chi connectivity index (χ3n) is 6.07. The van der Waals surface area contributed by atoms with Gasteiger partial charge in [0.1, 0.15) is 10.6 Å². The van der Waals surface area contributed by atoms with Gasteiger partial charge in [0.15, 0.2) is 6.61 Å². The zero-order chi connectivity index (χ0) is 25.1. The van der Waals surface area contributed by atoms with Gasteiger partial charge in [-0.1, -0.05) is 25.1 Å². The first-order valence-corrected chi connectivity index (χ1v) is 12.5. The zero-order valence-corrected chi connectivity index (χ0v) is 21.2. The van der Waals surface area contributed by atoms with E-state index in [4.69, 9.17) is 9.47 Å². The molecule has 0 spiro atoms. The summed E-state index contributed by atoms with van der Waals surface area (Å²) in [6, 6.07) is 9.47. The van der Waals surface area contributed by atoms with Gasteiger partial charge in [-0.3, -0.25) is 4.79 Å². The molecule has 184 valence electrons. The number of nitrogens with one attached hydrogen (secondary N) is 1. The summed E-state index contributed by atoms with van der Waals surface area (Å²) in [6.45, 7) is 7.21. The number of carbonyl (C=O) groups is 3. The van der Waals surface area contributed by atoms with Crippen LogP contribution in [0.4, 0.5) is 5.00 Å². The van der Waals surface area contributed by atoms with Gasteiger partial charge in [0.25, 0.3) is 5.91 Å². The summed E-state index contributed by atoms with van der Waals surface area (Å²) in [4.78, 5) is 39.3. The van der Waals surface area contributed by atoms with Crippen molar-refractivity contribution in [2.45, 2.75) is 47.0 Å². The van der Waals surface area contributed by atoms with E-state index >= 15 is 0 Å². The number of esters is 2. The average molecular weight is 496 g/mol. The van der Waals surface area contributed by atoms with Crippen LogP contribution in [0.25, 0.3) is 5.69 Å². The maximum atomic E-state index is 12.8. The Morgan fingerprint density at radius 2 is 1.83 bits per heavy atom. The summed E-state index contributed by atoms with van der Waals surface area (Å²) < 4.78 is 12.2. The number of rotatable bonds is 7. The van der Waals surface area contributed by atoms with Crippen LogP contribution >= 0.6 is 11.3 Å². The van der Waals surface area contributed by atoms with E-state index in [9.17, 15) is 14.4 Å². The molecule has 0 bridgehead atoms. The van der Waals surface area contributed by atoms with E-state index in [2.05, 4.69) is 17.3 Å². The Morgan fingerprint density at radius 3 is 2.54 bits per heavy atom. The van der Waals surface area contributed by atoms with Gasteiger partial charge in [0, 0.05) is 4.88 Å². The molecule has 1 aromatic carbocycles. The minimum Gasteiger partial charge on any atom is -0.462 e. The minimum absolute atomic E-state index is 0.250. The number of fused-ring (bicyclic) bond motifs is 1.